The Balaban J connectivity index is 1.27. The van der Waals surface area contributed by atoms with Crippen LogP contribution < -0.4 is 0 Å². The predicted octanol–water partition coefficient (Wildman–Crippen LogP) is 16.3. The smallest absolute Gasteiger partial charge is 0.187 e. The molecule has 9 aromatic carbocycles. The number of aryl methyl sites for hydroxylation is 2. The number of nitrogens with zero attached hydrogens (tertiary/aromatic N) is 5. The maximum atomic E-state index is 10.3. The molecule has 0 amide bonds. The Bertz CT molecular complexity index is 3550. The SMILES string of the molecule is [C-]#[N+]c1cccc(-c2cc(-c3cc(-c4ccccc4)nc(-c4ccccc4)n3)cc(-c3cccc(C#N)c3)c2-n2c3ccc(-c4cccc(C)c4)cc3c3cc(-c4cccc(C)c4)ccc32)c1. The third kappa shape index (κ3) is 7.72. The minimum absolute atomic E-state index is 0.537. The van der Waals surface area contributed by atoms with Gasteiger partial charge in [-0.05, 0) is 108 Å². The lowest BCUT2D eigenvalue weighted by Gasteiger charge is -2.22. The highest BCUT2D eigenvalue weighted by Gasteiger charge is 2.24. The second-order valence-electron chi connectivity index (χ2n) is 17.0. The molecule has 11 aromatic rings. The summed E-state index contributed by atoms with van der Waals surface area (Å²) in [7, 11) is 0. The summed E-state index contributed by atoms with van der Waals surface area (Å²) in [5.74, 6) is 0.613. The van der Waals surface area contributed by atoms with Crippen LogP contribution in [0.3, 0.4) is 0 Å². The Hall–Kier alpha value is -9.16. The van der Waals surface area contributed by atoms with Crippen LogP contribution in [0.15, 0.2) is 212 Å². The molecule has 0 saturated carbocycles. The van der Waals surface area contributed by atoms with Gasteiger partial charge in [-0.2, -0.15) is 5.26 Å². The number of nitriles is 1. The lowest BCUT2D eigenvalue weighted by molar-refractivity contribution is 1.17. The maximum absolute atomic E-state index is 10.3. The second-order valence-corrected chi connectivity index (χ2v) is 17.0. The Morgan fingerprint density at radius 2 is 0.925 bits per heavy atom. The molecule has 314 valence electrons. The van der Waals surface area contributed by atoms with Gasteiger partial charge in [-0.25, -0.2) is 14.8 Å². The molecule has 5 nitrogen and oxygen atoms in total. The molecule has 0 bridgehead atoms. The Labute approximate surface area is 390 Å². The highest BCUT2D eigenvalue weighted by molar-refractivity contribution is 6.13. The first-order valence-corrected chi connectivity index (χ1v) is 22.3. The van der Waals surface area contributed by atoms with Gasteiger partial charge in [0.1, 0.15) is 0 Å². The predicted molar refractivity (Wildman–Crippen MR) is 275 cm³/mol. The van der Waals surface area contributed by atoms with Crippen LogP contribution in [-0.4, -0.2) is 14.5 Å². The number of hydrogen-bond donors (Lipinski definition) is 0. The number of hydrogen-bond acceptors (Lipinski definition) is 3. The first-order chi connectivity index (χ1) is 32.9. The van der Waals surface area contributed by atoms with Crippen LogP contribution >= 0.6 is 0 Å². The molecular weight excluding hydrogens is 815 g/mol. The molecule has 67 heavy (non-hydrogen) atoms. The van der Waals surface area contributed by atoms with E-state index in [4.69, 9.17) is 16.5 Å². The minimum atomic E-state index is 0.537. The van der Waals surface area contributed by atoms with Gasteiger partial charge >= 0.3 is 0 Å². The largest absolute Gasteiger partial charge is 0.308 e. The fourth-order valence-corrected chi connectivity index (χ4v) is 9.30. The molecule has 11 rings (SSSR count). The topological polar surface area (TPSA) is 58.9 Å². The summed E-state index contributed by atoms with van der Waals surface area (Å²) < 4.78 is 2.38. The van der Waals surface area contributed by atoms with Crippen molar-refractivity contribution in [3.63, 3.8) is 0 Å². The number of fused-ring (bicyclic) bond motifs is 3. The minimum Gasteiger partial charge on any atom is -0.308 e. The quantitative estimate of drug-likeness (QED) is 0.143. The van der Waals surface area contributed by atoms with Gasteiger partial charge in [0.25, 0.3) is 0 Å². The Kier molecular flexibility index (Phi) is 10.4. The fraction of sp³-hybridized carbons (Fsp3) is 0.0323. The van der Waals surface area contributed by atoms with Gasteiger partial charge in [0.15, 0.2) is 11.5 Å². The van der Waals surface area contributed by atoms with Gasteiger partial charge in [0, 0.05) is 38.6 Å². The molecule has 0 saturated heterocycles. The molecule has 0 radical (unpaired) electrons. The van der Waals surface area contributed by atoms with E-state index in [1.807, 2.05) is 84.9 Å². The van der Waals surface area contributed by atoms with Crippen LogP contribution in [0.2, 0.25) is 0 Å². The van der Waals surface area contributed by atoms with Gasteiger partial charge in [-0.1, -0.05) is 163 Å². The molecule has 0 aliphatic rings. The van der Waals surface area contributed by atoms with Crippen LogP contribution in [0.4, 0.5) is 5.69 Å². The van der Waals surface area contributed by atoms with E-state index >= 15 is 0 Å². The number of rotatable bonds is 8. The van der Waals surface area contributed by atoms with Crippen molar-refractivity contribution < 1.29 is 0 Å². The summed E-state index contributed by atoms with van der Waals surface area (Å²) >= 11 is 0. The van der Waals surface area contributed by atoms with Crippen LogP contribution in [0.25, 0.3) is 111 Å². The summed E-state index contributed by atoms with van der Waals surface area (Å²) in [5.41, 5.74) is 18.9. The van der Waals surface area contributed by atoms with Gasteiger partial charge in [0.2, 0.25) is 0 Å². The van der Waals surface area contributed by atoms with Crippen molar-refractivity contribution in [1.82, 2.24) is 14.5 Å². The molecule has 0 fully saturated rings. The van der Waals surface area contributed by atoms with E-state index < -0.39 is 0 Å². The molecule has 5 heteroatoms. The molecular formula is C62H41N5. The number of aromatic nitrogens is 3. The van der Waals surface area contributed by atoms with Crippen LogP contribution in [-0.2, 0) is 0 Å². The van der Waals surface area contributed by atoms with Gasteiger partial charge < -0.3 is 4.57 Å². The highest BCUT2D eigenvalue weighted by atomic mass is 15.0. The molecule has 2 aromatic heterocycles. The van der Waals surface area contributed by atoms with Crippen molar-refractivity contribution in [1.29, 1.82) is 5.26 Å². The first-order valence-electron chi connectivity index (χ1n) is 22.3. The normalized spacial score (nSPS) is 11.1. The molecule has 0 spiro atoms. The van der Waals surface area contributed by atoms with Gasteiger partial charge in [-0.15, -0.1) is 0 Å². The van der Waals surface area contributed by atoms with Crippen molar-refractivity contribution in [3.05, 3.63) is 240 Å². The Morgan fingerprint density at radius 3 is 1.49 bits per heavy atom. The fourth-order valence-electron chi connectivity index (χ4n) is 9.30. The van der Waals surface area contributed by atoms with Crippen LogP contribution in [0.1, 0.15) is 16.7 Å². The summed E-state index contributed by atoms with van der Waals surface area (Å²) in [6, 6.07) is 75.7. The van der Waals surface area contributed by atoms with Gasteiger partial charge in [0.05, 0.1) is 46.3 Å². The molecule has 0 unspecified atom stereocenters. The summed E-state index contributed by atoms with van der Waals surface area (Å²) in [6.45, 7) is 12.4. The lowest BCUT2D eigenvalue weighted by Crippen LogP contribution is -2.03. The second kappa shape index (κ2) is 17.1. The monoisotopic (exact) mass is 855 g/mol. The highest BCUT2D eigenvalue weighted by Crippen LogP contribution is 2.46. The number of benzene rings is 9. The molecule has 0 N–H and O–H groups in total. The van der Waals surface area contributed by atoms with Gasteiger partial charge in [-0.3, -0.25) is 0 Å². The van der Waals surface area contributed by atoms with E-state index in [-0.39, 0.29) is 0 Å². The lowest BCUT2D eigenvalue weighted by atomic mass is 9.91. The van der Waals surface area contributed by atoms with Crippen molar-refractivity contribution in [3.8, 4) is 90.2 Å². The van der Waals surface area contributed by atoms with Crippen molar-refractivity contribution >= 4 is 27.5 Å². The van der Waals surface area contributed by atoms with E-state index in [1.165, 1.54) is 11.1 Å². The van der Waals surface area contributed by atoms with Crippen molar-refractivity contribution in [2.24, 2.45) is 0 Å². The average Bonchev–Trinajstić information content (AvgIpc) is 3.71. The zero-order valence-corrected chi connectivity index (χ0v) is 36.9. The molecule has 2 heterocycles. The molecule has 0 aliphatic heterocycles. The van der Waals surface area contributed by atoms with Crippen LogP contribution in [0, 0.1) is 31.8 Å². The molecule has 0 aliphatic carbocycles. The summed E-state index contributed by atoms with van der Waals surface area (Å²) in [4.78, 5) is 14.3. The average molecular weight is 856 g/mol. The third-order valence-corrected chi connectivity index (χ3v) is 12.5. The zero-order chi connectivity index (χ0) is 45.4. The maximum Gasteiger partial charge on any atom is 0.187 e. The zero-order valence-electron chi connectivity index (χ0n) is 36.9. The van der Waals surface area contributed by atoms with Crippen molar-refractivity contribution in [2.45, 2.75) is 13.8 Å². The van der Waals surface area contributed by atoms with Crippen molar-refractivity contribution in [2.75, 3.05) is 0 Å². The van der Waals surface area contributed by atoms with E-state index in [0.717, 1.165) is 100 Å². The molecule has 0 atom stereocenters. The van der Waals surface area contributed by atoms with Crippen LogP contribution in [0.5, 0.6) is 0 Å². The standard InChI is InChI=1S/C62H41N5/c1-40-14-10-21-45(30-40)47-26-28-59-55(34-47)56-35-48(46-22-11-15-41(2)31-46)27-29-60(56)67(59)61-53(49-23-12-16-42(32-49)39-63)36-51(37-54(61)50-24-13-25-52(33-50)64-3)58-38-57(43-17-6-4-7-18-43)65-62(66-58)44-19-8-5-9-20-44/h4-38H,1-2H3. The van der Waals surface area contributed by atoms with E-state index in [1.54, 1.807) is 0 Å². The van der Waals surface area contributed by atoms with E-state index in [9.17, 15) is 5.26 Å². The van der Waals surface area contributed by atoms with E-state index in [0.29, 0.717) is 17.1 Å². The first kappa shape index (κ1) is 40.6. The summed E-state index contributed by atoms with van der Waals surface area (Å²) in [5, 5.41) is 12.5. The Morgan fingerprint density at radius 1 is 0.433 bits per heavy atom. The van der Waals surface area contributed by atoms with E-state index in [2.05, 4.69) is 157 Å². The summed E-state index contributed by atoms with van der Waals surface area (Å²) in [6.07, 6.45) is 0. The third-order valence-electron chi connectivity index (χ3n) is 12.5.